The molecule has 2 heterocycles. The van der Waals surface area contributed by atoms with Crippen molar-refractivity contribution in [1.29, 1.82) is 0 Å². The summed E-state index contributed by atoms with van der Waals surface area (Å²) in [5.74, 6) is 1.06. The standard InChI is InChI=1S/C15H15BrN2/c1-11-6-8-17-15(14(11)16)18-9-7-12-4-2-3-5-13(12)10-18/h2-6,8H,7,9-10H2,1H3. The van der Waals surface area contributed by atoms with Crippen LogP contribution in [0.4, 0.5) is 5.82 Å². The Bertz CT molecular complexity index is 580. The number of halogens is 1. The lowest BCUT2D eigenvalue weighted by atomic mass is 10.00. The van der Waals surface area contributed by atoms with E-state index in [1.807, 2.05) is 12.3 Å². The number of hydrogen-bond donors (Lipinski definition) is 0. The molecule has 0 aliphatic carbocycles. The van der Waals surface area contributed by atoms with Crippen LogP contribution in [-0.4, -0.2) is 11.5 Å². The zero-order valence-electron chi connectivity index (χ0n) is 10.4. The fourth-order valence-corrected chi connectivity index (χ4v) is 2.91. The molecule has 1 aliphatic heterocycles. The summed E-state index contributed by atoms with van der Waals surface area (Å²) in [5.41, 5.74) is 4.12. The normalized spacial score (nSPS) is 14.4. The summed E-state index contributed by atoms with van der Waals surface area (Å²) in [6.45, 7) is 4.09. The van der Waals surface area contributed by atoms with Gasteiger partial charge >= 0.3 is 0 Å². The first-order chi connectivity index (χ1) is 8.75. The first-order valence-corrected chi connectivity index (χ1v) is 6.98. The topological polar surface area (TPSA) is 16.1 Å². The molecule has 0 radical (unpaired) electrons. The molecule has 0 unspecified atom stereocenters. The number of nitrogens with zero attached hydrogens (tertiary/aromatic N) is 2. The van der Waals surface area contributed by atoms with Crippen LogP contribution in [0.2, 0.25) is 0 Å². The Morgan fingerprint density at radius 3 is 2.78 bits per heavy atom. The third-order valence-electron chi connectivity index (χ3n) is 3.49. The van der Waals surface area contributed by atoms with Gasteiger partial charge in [-0.1, -0.05) is 24.3 Å². The first kappa shape index (κ1) is 11.7. The van der Waals surface area contributed by atoms with E-state index in [2.05, 4.69) is 57.0 Å². The summed E-state index contributed by atoms with van der Waals surface area (Å²) in [4.78, 5) is 6.86. The Balaban J connectivity index is 1.94. The molecular formula is C15H15BrN2. The van der Waals surface area contributed by atoms with Crippen LogP contribution in [0, 0.1) is 6.92 Å². The van der Waals surface area contributed by atoms with Gasteiger partial charge in [-0.3, -0.25) is 0 Å². The minimum Gasteiger partial charge on any atom is -0.351 e. The molecule has 18 heavy (non-hydrogen) atoms. The molecule has 3 rings (SSSR count). The molecule has 0 amide bonds. The molecule has 0 saturated heterocycles. The molecule has 3 heteroatoms. The molecule has 2 nitrogen and oxygen atoms in total. The van der Waals surface area contributed by atoms with E-state index in [1.165, 1.54) is 16.7 Å². The van der Waals surface area contributed by atoms with Crippen molar-refractivity contribution in [2.24, 2.45) is 0 Å². The highest BCUT2D eigenvalue weighted by atomic mass is 79.9. The van der Waals surface area contributed by atoms with Crippen molar-refractivity contribution < 1.29 is 0 Å². The second kappa shape index (κ2) is 4.73. The number of aromatic nitrogens is 1. The van der Waals surface area contributed by atoms with Crippen LogP contribution >= 0.6 is 15.9 Å². The van der Waals surface area contributed by atoms with Crippen LogP contribution in [0.15, 0.2) is 41.0 Å². The summed E-state index contributed by atoms with van der Waals surface area (Å²) in [5, 5.41) is 0. The van der Waals surface area contributed by atoms with Gasteiger partial charge in [0.1, 0.15) is 5.82 Å². The Kier molecular flexibility index (Phi) is 3.08. The minimum atomic E-state index is 0.950. The fraction of sp³-hybridized carbons (Fsp3) is 0.267. The Labute approximate surface area is 116 Å². The maximum absolute atomic E-state index is 4.51. The molecule has 0 spiro atoms. The van der Waals surface area contributed by atoms with Crippen molar-refractivity contribution in [3.63, 3.8) is 0 Å². The maximum atomic E-state index is 4.51. The predicted octanol–water partition coefficient (Wildman–Crippen LogP) is 3.72. The van der Waals surface area contributed by atoms with Crippen molar-refractivity contribution in [3.8, 4) is 0 Å². The molecule has 0 fully saturated rings. The third-order valence-corrected chi connectivity index (χ3v) is 4.47. The summed E-state index contributed by atoms with van der Waals surface area (Å²) >= 11 is 3.65. The SMILES string of the molecule is Cc1ccnc(N2CCc3ccccc3C2)c1Br. The van der Waals surface area contributed by atoms with Crippen LogP contribution in [-0.2, 0) is 13.0 Å². The number of hydrogen-bond acceptors (Lipinski definition) is 2. The van der Waals surface area contributed by atoms with Gasteiger partial charge in [-0.2, -0.15) is 0 Å². The quantitative estimate of drug-likeness (QED) is 0.798. The largest absolute Gasteiger partial charge is 0.351 e. The number of pyridine rings is 1. The van der Waals surface area contributed by atoms with Gasteiger partial charge in [0.25, 0.3) is 0 Å². The summed E-state index contributed by atoms with van der Waals surface area (Å²) in [6, 6.07) is 10.7. The second-order valence-corrected chi connectivity index (χ2v) is 5.50. The third kappa shape index (κ3) is 2.03. The molecule has 0 saturated carbocycles. The molecule has 0 bridgehead atoms. The summed E-state index contributed by atoms with van der Waals surface area (Å²) in [6.07, 6.45) is 2.98. The lowest BCUT2D eigenvalue weighted by Gasteiger charge is -2.30. The highest BCUT2D eigenvalue weighted by Gasteiger charge is 2.19. The predicted molar refractivity (Wildman–Crippen MR) is 77.9 cm³/mol. The van der Waals surface area contributed by atoms with Crippen molar-refractivity contribution in [2.75, 3.05) is 11.4 Å². The Morgan fingerprint density at radius 1 is 1.17 bits per heavy atom. The number of aryl methyl sites for hydroxylation is 1. The summed E-state index contributed by atoms with van der Waals surface area (Å²) in [7, 11) is 0. The monoisotopic (exact) mass is 302 g/mol. The molecule has 1 aromatic carbocycles. The number of rotatable bonds is 1. The van der Waals surface area contributed by atoms with Gasteiger partial charge in [0.15, 0.2) is 0 Å². The first-order valence-electron chi connectivity index (χ1n) is 6.18. The van der Waals surface area contributed by atoms with E-state index in [0.717, 1.165) is 29.8 Å². The Hall–Kier alpha value is -1.35. The van der Waals surface area contributed by atoms with Gasteiger partial charge in [-0.05, 0) is 52.0 Å². The smallest absolute Gasteiger partial charge is 0.143 e. The van der Waals surface area contributed by atoms with Gasteiger partial charge in [-0.25, -0.2) is 4.98 Å². The number of anilines is 1. The van der Waals surface area contributed by atoms with Crippen LogP contribution < -0.4 is 4.90 Å². The molecule has 2 aromatic rings. The van der Waals surface area contributed by atoms with Crippen molar-refractivity contribution in [1.82, 2.24) is 4.98 Å². The van der Waals surface area contributed by atoms with Crippen LogP contribution in [0.5, 0.6) is 0 Å². The molecule has 0 N–H and O–H groups in total. The van der Waals surface area contributed by atoms with Gasteiger partial charge in [0.05, 0.1) is 4.47 Å². The van der Waals surface area contributed by atoms with Gasteiger partial charge in [0, 0.05) is 19.3 Å². The summed E-state index contributed by atoms with van der Waals surface area (Å²) < 4.78 is 1.12. The lowest BCUT2D eigenvalue weighted by Crippen LogP contribution is -2.31. The average molecular weight is 303 g/mol. The van der Waals surface area contributed by atoms with Gasteiger partial charge in [-0.15, -0.1) is 0 Å². The highest BCUT2D eigenvalue weighted by molar-refractivity contribution is 9.10. The molecule has 92 valence electrons. The second-order valence-electron chi connectivity index (χ2n) is 4.71. The van der Waals surface area contributed by atoms with Gasteiger partial charge < -0.3 is 4.90 Å². The van der Waals surface area contributed by atoms with E-state index in [1.54, 1.807) is 0 Å². The molecule has 0 atom stereocenters. The lowest BCUT2D eigenvalue weighted by molar-refractivity contribution is 0.718. The zero-order valence-corrected chi connectivity index (χ0v) is 11.9. The van der Waals surface area contributed by atoms with E-state index >= 15 is 0 Å². The number of benzene rings is 1. The fourth-order valence-electron chi connectivity index (χ4n) is 2.42. The average Bonchev–Trinajstić information content (AvgIpc) is 2.41. The van der Waals surface area contributed by atoms with E-state index in [9.17, 15) is 0 Å². The minimum absolute atomic E-state index is 0.950. The highest BCUT2D eigenvalue weighted by Crippen LogP contribution is 2.30. The van der Waals surface area contributed by atoms with Crippen molar-refractivity contribution in [3.05, 3.63) is 57.7 Å². The van der Waals surface area contributed by atoms with Crippen LogP contribution in [0.3, 0.4) is 0 Å². The maximum Gasteiger partial charge on any atom is 0.143 e. The molecular weight excluding hydrogens is 288 g/mol. The van der Waals surface area contributed by atoms with Crippen LogP contribution in [0.1, 0.15) is 16.7 Å². The van der Waals surface area contributed by atoms with Crippen molar-refractivity contribution >= 4 is 21.7 Å². The van der Waals surface area contributed by atoms with E-state index in [-0.39, 0.29) is 0 Å². The Morgan fingerprint density at radius 2 is 1.94 bits per heavy atom. The van der Waals surface area contributed by atoms with Gasteiger partial charge in [0.2, 0.25) is 0 Å². The van der Waals surface area contributed by atoms with E-state index in [4.69, 9.17) is 0 Å². The molecule has 1 aliphatic rings. The molecule has 1 aromatic heterocycles. The number of fused-ring (bicyclic) bond motifs is 1. The van der Waals surface area contributed by atoms with E-state index < -0.39 is 0 Å². The van der Waals surface area contributed by atoms with E-state index in [0.29, 0.717) is 0 Å². The zero-order chi connectivity index (χ0) is 12.5. The van der Waals surface area contributed by atoms with Crippen molar-refractivity contribution in [2.45, 2.75) is 19.9 Å². The van der Waals surface area contributed by atoms with Crippen LogP contribution in [0.25, 0.3) is 0 Å².